The number of halogens is 1. The minimum Gasteiger partial charge on any atom is -0.334 e. The number of rotatable bonds is 2. The Morgan fingerprint density at radius 2 is 2.06 bits per heavy atom. The molecule has 7 heteroatoms. The molecule has 2 amide bonds. The van der Waals surface area contributed by atoms with Gasteiger partial charge in [0.05, 0.1) is 17.2 Å². The average Bonchev–Trinajstić information content (AvgIpc) is 2.61. The van der Waals surface area contributed by atoms with Crippen LogP contribution in [-0.2, 0) is 9.84 Å². The molecule has 1 aliphatic heterocycles. The van der Waals surface area contributed by atoms with Crippen molar-refractivity contribution in [2.75, 3.05) is 16.8 Å². The topological polar surface area (TPSA) is 75.3 Å². The second-order valence-electron chi connectivity index (χ2n) is 4.18. The summed E-state index contributed by atoms with van der Waals surface area (Å²) in [6.07, 6.45) is 0.396. The van der Waals surface area contributed by atoms with Gasteiger partial charge in [-0.2, -0.15) is 0 Å². The molecular formula is C11H13FN2O3S. The number of amides is 2. The van der Waals surface area contributed by atoms with Gasteiger partial charge in [-0.15, -0.1) is 0 Å². The zero-order chi connectivity index (χ0) is 13.2. The maximum atomic E-state index is 13.2. The molecule has 18 heavy (non-hydrogen) atoms. The number of hydrogen-bond donors (Lipinski definition) is 2. The maximum Gasteiger partial charge on any atom is 0.319 e. The summed E-state index contributed by atoms with van der Waals surface area (Å²) in [7, 11) is -3.04. The highest BCUT2D eigenvalue weighted by atomic mass is 32.2. The van der Waals surface area contributed by atoms with Crippen LogP contribution in [0.4, 0.5) is 14.9 Å². The van der Waals surface area contributed by atoms with E-state index in [-0.39, 0.29) is 17.2 Å². The zero-order valence-electron chi connectivity index (χ0n) is 9.52. The summed E-state index contributed by atoms with van der Waals surface area (Å²) in [6, 6.07) is 4.78. The lowest BCUT2D eigenvalue weighted by molar-refractivity contribution is 0.249. The summed E-state index contributed by atoms with van der Waals surface area (Å²) in [5.74, 6) is -0.512. The van der Waals surface area contributed by atoms with Crippen molar-refractivity contribution in [1.82, 2.24) is 5.32 Å². The van der Waals surface area contributed by atoms with Crippen LogP contribution in [0, 0.1) is 5.82 Å². The molecule has 98 valence electrons. The van der Waals surface area contributed by atoms with E-state index in [1.54, 1.807) is 6.07 Å². The first kappa shape index (κ1) is 12.8. The highest BCUT2D eigenvalue weighted by Gasteiger charge is 2.28. The molecule has 1 atom stereocenters. The highest BCUT2D eigenvalue weighted by Crippen LogP contribution is 2.14. The number of nitrogens with one attached hydrogen (secondary N) is 2. The van der Waals surface area contributed by atoms with Crippen LogP contribution in [0.3, 0.4) is 0 Å². The Morgan fingerprint density at radius 1 is 1.33 bits per heavy atom. The Bertz CT molecular complexity index is 559. The molecule has 0 spiro atoms. The van der Waals surface area contributed by atoms with Gasteiger partial charge in [0, 0.05) is 6.04 Å². The van der Waals surface area contributed by atoms with Crippen LogP contribution in [0.2, 0.25) is 0 Å². The van der Waals surface area contributed by atoms with Gasteiger partial charge in [0.1, 0.15) is 5.82 Å². The molecule has 0 unspecified atom stereocenters. The molecule has 1 aromatic carbocycles. The van der Waals surface area contributed by atoms with Crippen molar-refractivity contribution in [3.8, 4) is 0 Å². The third kappa shape index (κ3) is 3.19. The standard InChI is InChI=1S/C11H13FN2O3S/c12-9-3-1-2-4-10(9)14-11(15)13-8-5-6-18(16,17)7-8/h1-4,8H,5-7H2,(H2,13,14,15)/t8-/m1/s1. The van der Waals surface area contributed by atoms with Crippen LogP contribution in [0.5, 0.6) is 0 Å². The Hall–Kier alpha value is -1.63. The molecule has 5 nitrogen and oxygen atoms in total. The van der Waals surface area contributed by atoms with Crippen LogP contribution in [0.15, 0.2) is 24.3 Å². The van der Waals surface area contributed by atoms with Crippen molar-refractivity contribution >= 4 is 21.6 Å². The van der Waals surface area contributed by atoms with Crippen molar-refractivity contribution in [3.63, 3.8) is 0 Å². The lowest BCUT2D eigenvalue weighted by atomic mass is 10.3. The molecule has 0 saturated carbocycles. The molecule has 0 radical (unpaired) electrons. The lowest BCUT2D eigenvalue weighted by Crippen LogP contribution is -2.38. The second-order valence-corrected chi connectivity index (χ2v) is 6.41. The molecule has 0 bridgehead atoms. The average molecular weight is 272 g/mol. The molecule has 0 aliphatic carbocycles. The fourth-order valence-corrected chi connectivity index (χ4v) is 3.49. The largest absolute Gasteiger partial charge is 0.334 e. The first-order chi connectivity index (χ1) is 8.46. The molecule has 2 rings (SSSR count). The predicted molar refractivity (Wildman–Crippen MR) is 65.6 cm³/mol. The number of para-hydroxylation sites is 1. The Balaban J connectivity index is 1.92. The van der Waals surface area contributed by atoms with Gasteiger partial charge in [-0.05, 0) is 18.6 Å². The van der Waals surface area contributed by atoms with Gasteiger partial charge in [-0.3, -0.25) is 0 Å². The SMILES string of the molecule is O=C(Nc1ccccc1F)N[C@@H]1CCS(=O)(=O)C1. The number of carbonyl (C=O) groups excluding carboxylic acids is 1. The molecule has 2 N–H and O–H groups in total. The summed E-state index contributed by atoms with van der Waals surface area (Å²) in [5, 5.41) is 4.86. The molecule has 1 heterocycles. The summed E-state index contributed by atoms with van der Waals surface area (Å²) in [4.78, 5) is 11.5. The van der Waals surface area contributed by atoms with Gasteiger partial charge in [-0.1, -0.05) is 12.1 Å². The van der Waals surface area contributed by atoms with Gasteiger partial charge in [-0.25, -0.2) is 17.6 Å². The lowest BCUT2D eigenvalue weighted by Gasteiger charge is -2.12. The monoisotopic (exact) mass is 272 g/mol. The molecule has 1 saturated heterocycles. The van der Waals surface area contributed by atoms with E-state index in [0.717, 1.165) is 0 Å². The van der Waals surface area contributed by atoms with Gasteiger partial charge in [0.15, 0.2) is 9.84 Å². The summed E-state index contributed by atoms with van der Waals surface area (Å²) in [6.45, 7) is 0. The molecule has 1 aromatic rings. The van der Waals surface area contributed by atoms with Gasteiger partial charge in [0.2, 0.25) is 0 Å². The predicted octanol–water partition coefficient (Wildman–Crippen LogP) is 1.13. The fraction of sp³-hybridized carbons (Fsp3) is 0.364. The van der Waals surface area contributed by atoms with Crippen molar-refractivity contribution in [1.29, 1.82) is 0 Å². The summed E-state index contributed by atoms with van der Waals surface area (Å²) in [5.41, 5.74) is 0.0656. The second kappa shape index (κ2) is 4.93. The van der Waals surface area contributed by atoms with E-state index < -0.39 is 27.7 Å². The Kier molecular flexibility index (Phi) is 3.51. The number of urea groups is 1. The number of benzene rings is 1. The van der Waals surface area contributed by atoms with E-state index in [9.17, 15) is 17.6 Å². The maximum absolute atomic E-state index is 13.2. The van der Waals surface area contributed by atoms with Crippen molar-refractivity contribution in [2.45, 2.75) is 12.5 Å². The highest BCUT2D eigenvalue weighted by molar-refractivity contribution is 7.91. The van der Waals surface area contributed by atoms with Crippen molar-refractivity contribution in [3.05, 3.63) is 30.1 Å². The van der Waals surface area contributed by atoms with E-state index in [2.05, 4.69) is 10.6 Å². The minimum absolute atomic E-state index is 0.0578. The number of hydrogen-bond acceptors (Lipinski definition) is 3. The van der Waals surface area contributed by atoms with E-state index in [0.29, 0.717) is 6.42 Å². The van der Waals surface area contributed by atoms with Crippen LogP contribution < -0.4 is 10.6 Å². The Morgan fingerprint density at radius 3 is 2.67 bits per heavy atom. The molecule has 1 fully saturated rings. The molecule has 0 aromatic heterocycles. The zero-order valence-corrected chi connectivity index (χ0v) is 10.3. The third-order valence-corrected chi connectivity index (χ3v) is 4.46. The smallest absolute Gasteiger partial charge is 0.319 e. The number of anilines is 1. The number of carbonyl (C=O) groups is 1. The van der Waals surface area contributed by atoms with Crippen LogP contribution >= 0.6 is 0 Å². The minimum atomic E-state index is -3.04. The third-order valence-electron chi connectivity index (χ3n) is 2.69. The van der Waals surface area contributed by atoms with Gasteiger partial charge < -0.3 is 10.6 Å². The van der Waals surface area contributed by atoms with Crippen LogP contribution in [0.1, 0.15) is 6.42 Å². The normalized spacial score (nSPS) is 21.5. The first-order valence-corrected chi connectivity index (χ1v) is 7.31. The van der Waals surface area contributed by atoms with Crippen molar-refractivity contribution < 1.29 is 17.6 Å². The summed E-state index contributed by atoms with van der Waals surface area (Å²) >= 11 is 0. The van der Waals surface area contributed by atoms with Crippen LogP contribution in [-0.4, -0.2) is 32.0 Å². The van der Waals surface area contributed by atoms with E-state index >= 15 is 0 Å². The summed E-state index contributed by atoms with van der Waals surface area (Å²) < 4.78 is 35.7. The van der Waals surface area contributed by atoms with E-state index in [1.807, 2.05) is 0 Å². The van der Waals surface area contributed by atoms with Crippen molar-refractivity contribution in [2.24, 2.45) is 0 Å². The quantitative estimate of drug-likeness (QED) is 0.847. The molecular weight excluding hydrogens is 259 g/mol. The van der Waals surface area contributed by atoms with Gasteiger partial charge in [0.25, 0.3) is 0 Å². The molecule has 1 aliphatic rings. The van der Waals surface area contributed by atoms with Gasteiger partial charge >= 0.3 is 6.03 Å². The van der Waals surface area contributed by atoms with E-state index in [1.165, 1.54) is 18.2 Å². The number of sulfone groups is 1. The van der Waals surface area contributed by atoms with Crippen LogP contribution in [0.25, 0.3) is 0 Å². The first-order valence-electron chi connectivity index (χ1n) is 5.49. The fourth-order valence-electron chi connectivity index (χ4n) is 1.82. The van der Waals surface area contributed by atoms with E-state index in [4.69, 9.17) is 0 Å². The Labute approximate surface area is 104 Å².